The average molecular weight is 334 g/mol. The molecule has 0 bridgehead atoms. The van der Waals surface area contributed by atoms with Crippen LogP contribution < -0.4 is 11.2 Å². The normalized spacial score (nSPS) is 10.6. The number of hydrogen-bond donors (Lipinski definition) is 0. The number of nitrogens with zero attached hydrogens (tertiary/aromatic N) is 3. The van der Waals surface area contributed by atoms with E-state index < -0.39 is 21.9 Å². The van der Waals surface area contributed by atoms with Gasteiger partial charge in [-0.25, -0.2) is 4.79 Å². The summed E-state index contributed by atoms with van der Waals surface area (Å²) in [6.07, 6.45) is 3.45. The number of hydrogen-bond acceptors (Lipinski definition) is 4. The molecule has 8 heteroatoms. The summed E-state index contributed by atoms with van der Waals surface area (Å²) in [6, 6.07) is 0. The molecule has 106 valence electrons. The van der Waals surface area contributed by atoms with Gasteiger partial charge in [-0.2, -0.15) is 0 Å². The van der Waals surface area contributed by atoms with Crippen LogP contribution in [0.4, 0.5) is 5.69 Å². The number of halogens is 1. The third-order valence-corrected chi connectivity index (χ3v) is 3.33. The Morgan fingerprint density at radius 3 is 2.53 bits per heavy atom. The van der Waals surface area contributed by atoms with Gasteiger partial charge in [-0.3, -0.25) is 24.0 Å². The van der Waals surface area contributed by atoms with Crippen LogP contribution in [-0.4, -0.2) is 19.4 Å². The maximum Gasteiger partial charge on any atom is 0.350 e. The van der Waals surface area contributed by atoms with Crippen LogP contribution in [0.1, 0.15) is 26.2 Å². The lowest BCUT2D eigenvalue weighted by Gasteiger charge is -2.08. The first-order valence-electron chi connectivity index (χ1n) is 6.07. The van der Waals surface area contributed by atoms with E-state index in [1.807, 2.05) is 0 Å². The number of unbranched alkanes of at least 4 members (excludes halogenated alkanes) is 2. The van der Waals surface area contributed by atoms with E-state index in [1.54, 1.807) is 6.92 Å². The largest absolute Gasteiger partial charge is 0.350 e. The van der Waals surface area contributed by atoms with Crippen LogP contribution in [0.2, 0.25) is 0 Å². The monoisotopic (exact) mass is 333 g/mol. The highest BCUT2D eigenvalue weighted by Gasteiger charge is 2.18. The minimum Gasteiger partial charge on any atom is -0.294 e. The number of alkyl halides is 1. The summed E-state index contributed by atoms with van der Waals surface area (Å²) < 4.78 is 2.14. The van der Waals surface area contributed by atoms with E-state index in [-0.39, 0.29) is 6.54 Å². The first-order chi connectivity index (χ1) is 9.02. The molecule has 1 aromatic rings. The van der Waals surface area contributed by atoms with Gasteiger partial charge in [0.25, 0.3) is 0 Å². The Kier molecular flexibility index (Phi) is 5.94. The number of nitro groups is 1. The van der Waals surface area contributed by atoms with Crippen molar-refractivity contribution in [3.05, 3.63) is 37.1 Å². The standard InChI is InChI=1S/C11H16BrN3O4/c1-2-13-8-9(15(18)19)10(16)14(11(13)17)7-5-3-4-6-12/h8H,2-7H2,1H3. The van der Waals surface area contributed by atoms with Crippen molar-refractivity contribution >= 4 is 21.6 Å². The molecule has 1 aromatic heterocycles. The van der Waals surface area contributed by atoms with Crippen molar-refractivity contribution in [2.24, 2.45) is 0 Å². The summed E-state index contributed by atoms with van der Waals surface area (Å²) in [5, 5.41) is 11.7. The Morgan fingerprint density at radius 1 is 1.32 bits per heavy atom. The van der Waals surface area contributed by atoms with Crippen LogP contribution in [0, 0.1) is 10.1 Å². The second-order valence-corrected chi connectivity index (χ2v) is 4.84. The van der Waals surface area contributed by atoms with Gasteiger partial charge in [-0.05, 0) is 19.8 Å². The van der Waals surface area contributed by atoms with Crippen LogP contribution in [0.3, 0.4) is 0 Å². The predicted molar refractivity (Wildman–Crippen MR) is 74.9 cm³/mol. The van der Waals surface area contributed by atoms with Gasteiger partial charge >= 0.3 is 16.9 Å². The van der Waals surface area contributed by atoms with Crippen molar-refractivity contribution < 1.29 is 4.92 Å². The Bertz CT molecular complexity index is 564. The first-order valence-corrected chi connectivity index (χ1v) is 7.19. The second-order valence-electron chi connectivity index (χ2n) is 4.05. The zero-order valence-corrected chi connectivity index (χ0v) is 12.3. The topological polar surface area (TPSA) is 87.1 Å². The molecule has 0 saturated heterocycles. The second kappa shape index (κ2) is 7.22. The van der Waals surface area contributed by atoms with Crippen LogP contribution in [0.15, 0.2) is 15.8 Å². The molecule has 19 heavy (non-hydrogen) atoms. The first kappa shape index (κ1) is 15.6. The highest BCUT2D eigenvalue weighted by molar-refractivity contribution is 9.09. The molecule has 1 rings (SSSR count). The van der Waals surface area contributed by atoms with Crippen LogP contribution >= 0.6 is 15.9 Å². The van der Waals surface area contributed by atoms with Crippen molar-refractivity contribution in [2.45, 2.75) is 39.3 Å². The molecule has 0 N–H and O–H groups in total. The van der Waals surface area contributed by atoms with E-state index >= 15 is 0 Å². The number of aromatic nitrogens is 2. The summed E-state index contributed by atoms with van der Waals surface area (Å²) in [4.78, 5) is 33.9. The van der Waals surface area contributed by atoms with Crippen LogP contribution in [-0.2, 0) is 13.1 Å². The molecule has 0 aliphatic rings. The van der Waals surface area contributed by atoms with Gasteiger partial charge in [0, 0.05) is 18.4 Å². The van der Waals surface area contributed by atoms with Crippen molar-refractivity contribution in [1.29, 1.82) is 0 Å². The van der Waals surface area contributed by atoms with Crippen LogP contribution in [0.5, 0.6) is 0 Å². The molecule has 0 aliphatic carbocycles. The molecule has 0 aromatic carbocycles. The Balaban J connectivity index is 3.14. The van der Waals surface area contributed by atoms with E-state index in [4.69, 9.17) is 0 Å². The third-order valence-electron chi connectivity index (χ3n) is 2.77. The van der Waals surface area contributed by atoms with Crippen molar-refractivity contribution in [1.82, 2.24) is 9.13 Å². The van der Waals surface area contributed by atoms with Crippen molar-refractivity contribution in [2.75, 3.05) is 5.33 Å². The Labute approximate surface area is 118 Å². The van der Waals surface area contributed by atoms with Crippen LogP contribution in [0.25, 0.3) is 0 Å². The molecule has 0 amide bonds. The van der Waals surface area contributed by atoms with Crippen molar-refractivity contribution in [3.8, 4) is 0 Å². The molecule has 0 unspecified atom stereocenters. The molecule has 0 aliphatic heterocycles. The molecule has 0 spiro atoms. The quantitative estimate of drug-likeness (QED) is 0.327. The molecule has 7 nitrogen and oxygen atoms in total. The van der Waals surface area contributed by atoms with Gasteiger partial charge < -0.3 is 0 Å². The van der Waals surface area contributed by atoms with E-state index in [9.17, 15) is 19.7 Å². The number of rotatable bonds is 7. The van der Waals surface area contributed by atoms with Gasteiger partial charge in [0.05, 0.1) is 11.1 Å². The maximum absolute atomic E-state index is 12.0. The molecule has 0 fully saturated rings. The predicted octanol–water partition coefficient (Wildman–Crippen LogP) is 1.50. The highest BCUT2D eigenvalue weighted by atomic mass is 79.9. The summed E-state index contributed by atoms with van der Waals surface area (Å²) in [5.41, 5.74) is -1.86. The lowest BCUT2D eigenvalue weighted by molar-refractivity contribution is -0.387. The maximum atomic E-state index is 12.0. The van der Waals surface area contributed by atoms with Gasteiger partial charge in [0.15, 0.2) is 0 Å². The summed E-state index contributed by atoms with van der Waals surface area (Å²) in [6.45, 7) is 2.21. The molecule has 0 saturated carbocycles. The van der Waals surface area contributed by atoms with E-state index in [1.165, 1.54) is 4.57 Å². The third kappa shape index (κ3) is 3.76. The molecule has 0 atom stereocenters. The Morgan fingerprint density at radius 2 is 2.00 bits per heavy atom. The fourth-order valence-electron chi connectivity index (χ4n) is 1.73. The zero-order chi connectivity index (χ0) is 14.4. The van der Waals surface area contributed by atoms with Crippen molar-refractivity contribution in [3.63, 3.8) is 0 Å². The summed E-state index contributed by atoms with van der Waals surface area (Å²) in [5.74, 6) is 0. The lowest BCUT2D eigenvalue weighted by atomic mass is 10.2. The highest BCUT2D eigenvalue weighted by Crippen LogP contribution is 2.03. The fourth-order valence-corrected chi connectivity index (χ4v) is 2.12. The SMILES string of the molecule is CCn1cc([N+](=O)[O-])c(=O)n(CCCCCBr)c1=O. The minimum absolute atomic E-state index is 0.215. The molecular formula is C11H16BrN3O4. The molecule has 1 heterocycles. The lowest BCUT2D eigenvalue weighted by Crippen LogP contribution is -2.40. The zero-order valence-electron chi connectivity index (χ0n) is 10.7. The average Bonchev–Trinajstić information content (AvgIpc) is 2.37. The summed E-state index contributed by atoms with van der Waals surface area (Å²) >= 11 is 3.29. The van der Waals surface area contributed by atoms with E-state index in [0.29, 0.717) is 13.0 Å². The Hall–Kier alpha value is -1.44. The summed E-state index contributed by atoms with van der Waals surface area (Å²) in [7, 11) is 0. The van der Waals surface area contributed by atoms with Gasteiger partial charge in [-0.15, -0.1) is 0 Å². The fraction of sp³-hybridized carbons (Fsp3) is 0.636. The molecule has 0 radical (unpaired) electrons. The van der Waals surface area contributed by atoms with Gasteiger partial charge in [0.1, 0.15) is 0 Å². The molecular weight excluding hydrogens is 318 g/mol. The van der Waals surface area contributed by atoms with E-state index in [0.717, 1.165) is 28.9 Å². The van der Waals surface area contributed by atoms with Gasteiger partial charge in [0.2, 0.25) is 0 Å². The van der Waals surface area contributed by atoms with E-state index in [2.05, 4.69) is 15.9 Å². The van der Waals surface area contributed by atoms with Gasteiger partial charge in [-0.1, -0.05) is 22.4 Å². The smallest absolute Gasteiger partial charge is 0.294 e. The minimum atomic E-state index is -0.821. The number of aryl methyl sites for hydroxylation is 1.